The summed E-state index contributed by atoms with van der Waals surface area (Å²) in [4.78, 5) is 34.5. The van der Waals surface area contributed by atoms with Gasteiger partial charge in [-0.05, 0) is 49.4 Å². The molecule has 20 nitrogen and oxygen atoms in total. The first-order chi connectivity index (χ1) is 34.5. The third kappa shape index (κ3) is 17.5. The Morgan fingerprint density at radius 1 is 0.611 bits per heavy atom. The van der Waals surface area contributed by atoms with E-state index in [2.05, 4.69) is 0 Å². The number of ether oxygens (including phenoxy) is 8. The molecule has 0 aromatic heterocycles. The summed E-state index contributed by atoms with van der Waals surface area (Å²) < 4.78 is 44.5. The first kappa shape index (κ1) is 57.2. The number of carboxylic acids is 1. The molecule has 3 saturated heterocycles. The van der Waals surface area contributed by atoms with E-state index in [1.807, 2.05) is 91.1 Å². The van der Waals surface area contributed by atoms with Crippen molar-refractivity contribution in [2.24, 2.45) is 0 Å². The van der Waals surface area contributed by atoms with Crippen molar-refractivity contribution in [2.75, 3.05) is 13.2 Å². The van der Waals surface area contributed by atoms with E-state index >= 15 is 0 Å². The molecule has 0 radical (unpaired) electrons. The third-order valence-corrected chi connectivity index (χ3v) is 11.4. The van der Waals surface area contributed by atoms with Crippen LogP contribution in [0, 0.1) is 0 Å². The van der Waals surface area contributed by atoms with Crippen molar-refractivity contribution in [1.29, 1.82) is 0 Å². The lowest BCUT2D eigenvalue weighted by atomic mass is 9.97. The molecule has 20 heteroatoms. The second-order valence-corrected chi connectivity index (χ2v) is 16.9. The van der Waals surface area contributed by atoms with Gasteiger partial charge in [0.15, 0.2) is 18.7 Å². The molecule has 3 heterocycles. The number of allylic oxidation sites excluding steroid dienone is 11. The Morgan fingerprint density at radius 2 is 1.18 bits per heavy atom. The number of hydrogen-bond acceptors (Lipinski definition) is 19. The zero-order valence-corrected chi connectivity index (χ0v) is 39.6. The van der Waals surface area contributed by atoms with Gasteiger partial charge in [0.05, 0.1) is 12.7 Å². The van der Waals surface area contributed by atoms with Crippen molar-refractivity contribution in [3.63, 3.8) is 0 Å². The average Bonchev–Trinajstić information content (AvgIpc) is 3.36. The van der Waals surface area contributed by atoms with Crippen LogP contribution >= 0.6 is 0 Å². The van der Waals surface area contributed by atoms with E-state index in [1.54, 1.807) is 36.4 Å². The Kier molecular flexibility index (Phi) is 23.1. The highest BCUT2D eigenvalue weighted by molar-refractivity contribution is 5.82. The molecule has 0 aliphatic carbocycles. The predicted octanol–water partition coefficient (Wildman–Crippen LogP) is 1.79. The second-order valence-electron chi connectivity index (χ2n) is 16.9. The van der Waals surface area contributed by atoms with E-state index in [0.717, 1.165) is 17.2 Å². The molecule has 392 valence electrons. The molecule has 3 fully saturated rings. The van der Waals surface area contributed by atoms with Gasteiger partial charge >= 0.3 is 17.9 Å². The maximum atomic E-state index is 12.4. The van der Waals surface area contributed by atoms with Crippen LogP contribution in [0.25, 0.3) is 12.2 Å². The van der Waals surface area contributed by atoms with E-state index in [1.165, 1.54) is 19.9 Å². The van der Waals surface area contributed by atoms with Crippen molar-refractivity contribution in [1.82, 2.24) is 0 Å². The molecule has 9 N–H and O–H groups in total. The van der Waals surface area contributed by atoms with E-state index in [0.29, 0.717) is 12.8 Å². The van der Waals surface area contributed by atoms with E-state index in [-0.39, 0.29) is 12.2 Å². The lowest BCUT2D eigenvalue weighted by Crippen LogP contribution is -2.64. The summed E-state index contributed by atoms with van der Waals surface area (Å²) in [6.07, 6.45) is 0.357. The Balaban J connectivity index is 1.07. The van der Waals surface area contributed by atoms with Crippen LogP contribution in [0.15, 0.2) is 128 Å². The summed E-state index contributed by atoms with van der Waals surface area (Å²) >= 11 is 0. The van der Waals surface area contributed by atoms with E-state index in [4.69, 9.17) is 43.0 Å². The molecule has 5 rings (SSSR count). The fourth-order valence-electron chi connectivity index (χ4n) is 7.41. The fraction of sp³-hybridized carbons (Fsp3) is 0.442. The van der Waals surface area contributed by atoms with Gasteiger partial charge in [0.1, 0.15) is 79.5 Å². The van der Waals surface area contributed by atoms with Gasteiger partial charge < -0.3 is 83.9 Å². The molecule has 0 spiro atoms. The van der Waals surface area contributed by atoms with Crippen LogP contribution in [-0.4, -0.2) is 175 Å². The second kappa shape index (κ2) is 29.1. The summed E-state index contributed by atoms with van der Waals surface area (Å²) in [5.74, 6) is -2.34. The minimum Gasteiger partial charge on any atom is -0.479 e. The number of aliphatic carboxylic acids is 1. The number of carbonyl (C=O) groups is 3. The van der Waals surface area contributed by atoms with Crippen LogP contribution in [0.5, 0.6) is 5.75 Å². The number of benzene rings is 2. The molecule has 3 aliphatic heterocycles. The fourth-order valence-corrected chi connectivity index (χ4v) is 7.41. The highest BCUT2D eigenvalue weighted by Crippen LogP contribution is 2.31. The van der Waals surface area contributed by atoms with Crippen LogP contribution < -0.4 is 4.74 Å². The van der Waals surface area contributed by atoms with Crippen molar-refractivity contribution < 1.29 is 98.2 Å². The normalized spacial score (nSPS) is 31.9. The maximum absolute atomic E-state index is 12.4. The van der Waals surface area contributed by atoms with Gasteiger partial charge in [-0.2, -0.15) is 0 Å². The third-order valence-electron chi connectivity index (χ3n) is 11.4. The molecular weight excluding hydrogens is 945 g/mol. The molecule has 3 aliphatic rings. The summed E-state index contributed by atoms with van der Waals surface area (Å²) in [7, 11) is 0. The summed E-state index contributed by atoms with van der Waals surface area (Å²) in [6.45, 7) is 1.49. The summed E-state index contributed by atoms with van der Waals surface area (Å²) in [5, 5.41) is 95.6. The SMILES string of the molecule is CC(=O)OC(CCCC=CC=CC=CC=CC=Cc1ccc(OC2OC(COC3OC(C)C(O)C(OC4OC(COC(=O)C=CC=Cc5ccccc5)C(O)C(O)C4O)C3O)C(O)C(O)C2O)cc1)C(=O)O. The smallest absolute Gasteiger partial charge is 0.345 e. The van der Waals surface area contributed by atoms with Crippen molar-refractivity contribution >= 4 is 30.1 Å². The minimum absolute atomic E-state index is 0.226. The molecule has 72 heavy (non-hydrogen) atoms. The van der Waals surface area contributed by atoms with E-state index in [9.17, 15) is 55.2 Å². The predicted molar refractivity (Wildman–Crippen MR) is 256 cm³/mol. The Hall–Kier alpha value is -5.69. The number of esters is 2. The van der Waals surface area contributed by atoms with Gasteiger partial charge in [0.25, 0.3) is 0 Å². The average molecular weight is 1010 g/mol. The molecule has 0 saturated carbocycles. The number of carbonyl (C=O) groups excluding carboxylic acids is 2. The maximum Gasteiger partial charge on any atom is 0.345 e. The van der Waals surface area contributed by atoms with Crippen LogP contribution in [0.2, 0.25) is 0 Å². The van der Waals surface area contributed by atoms with Crippen LogP contribution in [0.4, 0.5) is 0 Å². The van der Waals surface area contributed by atoms with Crippen LogP contribution in [0.3, 0.4) is 0 Å². The Morgan fingerprint density at radius 3 is 1.82 bits per heavy atom. The van der Waals surface area contributed by atoms with Crippen molar-refractivity contribution in [3.8, 4) is 5.75 Å². The molecule has 2 aromatic carbocycles. The quantitative estimate of drug-likeness (QED) is 0.0332. The van der Waals surface area contributed by atoms with Gasteiger partial charge in [-0.1, -0.05) is 121 Å². The molecular formula is C52H64O20. The Labute approximate surface area is 416 Å². The van der Waals surface area contributed by atoms with Crippen LogP contribution in [-0.2, 0) is 47.5 Å². The van der Waals surface area contributed by atoms with Crippen molar-refractivity contribution in [2.45, 2.75) is 131 Å². The van der Waals surface area contributed by atoms with Gasteiger partial charge in [0.2, 0.25) is 6.29 Å². The minimum atomic E-state index is -1.89. The highest BCUT2D eigenvalue weighted by Gasteiger charge is 2.51. The van der Waals surface area contributed by atoms with Crippen LogP contribution in [0.1, 0.15) is 44.2 Å². The number of rotatable bonds is 23. The number of hydrogen-bond donors (Lipinski definition) is 9. The Bertz CT molecular complexity index is 2210. The van der Waals surface area contributed by atoms with Gasteiger partial charge in [-0.25, -0.2) is 9.59 Å². The first-order valence-corrected chi connectivity index (χ1v) is 23.3. The van der Waals surface area contributed by atoms with Gasteiger partial charge in [0, 0.05) is 13.0 Å². The molecule has 0 amide bonds. The van der Waals surface area contributed by atoms with E-state index < -0.39 is 129 Å². The zero-order valence-electron chi connectivity index (χ0n) is 39.6. The largest absolute Gasteiger partial charge is 0.479 e. The molecule has 2 aromatic rings. The topological polar surface area (TPSA) is 307 Å². The zero-order chi connectivity index (χ0) is 52.2. The summed E-state index contributed by atoms with van der Waals surface area (Å²) in [6, 6.07) is 16.0. The standard InChI is InChI=1S/C52H64O20/c1-31-40(55)48(72-52-46(61)44(59)41(56)37(71-52)29-65-39(54)24-18-17-22-33-19-14-12-15-20-33)47(62)50(67-31)66-30-38-42(57)43(58)45(60)51(70-38)69-35-27-25-34(26-28-35)21-13-10-8-6-4-3-5-7-9-11-16-23-36(49(63)64)68-32(2)53/h3-10,12-15,17-22,24-28,31,36-38,40-48,50-52,55-62H,11,16,23,29-30H2,1-2H3,(H,63,64). The first-order valence-electron chi connectivity index (χ1n) is 23.3. The molecule has 16 unspecified atom stereocenters. The number of carboxylic acid groups (broad SMARTS) is 1. The summed E-state index contributed by atoms with van der Waals surface area (Å²) in [5.41, 5.74) is 1.71. The number of unbranched alkanes of at least 4 members (excludes halogenated alkanes) is 1. The molecule has 0 bridgehead atoms. The van der Waals surface area contributed by atoms with Gasteiger partial charge in [-0.3, -0.25) is 4.79 Å². The lowest BCUT2D eigenvalue weighted by Gasteiger charge is -2.46. The monoisotopic (exact) mass is 1010 g/mol. The number of aliphatic hydroxyl groups is 8. The van der Waals surface area contributed by atoms with Crippen molar-refractivity contribution in [3.05, 3.63) is 139 Å². The lowest BCUT2D eigenvalue weighted by molar-refractivity contribution is -0.361. The molecule has 16 atom stereocenters. The highest BCUT2D eigenvalue weighted by atomic mass is 16.7. The number of aliphatic hydroxyl groups excluding tert-OH is 8. The van der Waals surface area contributed by atoms with Gasteiger partial charge in [-0.15, -0.1) is 0 Å².